The van der Waals surface area contributed by atoms with E-state index >= 15 is 0 Å². The zero-order valence-electron chi connectivity index (χ0n) is 17.6. The van der Waals surface area contributed by atoms with Crippen LogP contribution >= 0.6 is 0 Å². The van der Waals surface area contributed by atoms with Crippen molar-refractivity contribution >= 4 is 0 Å². The molecular formula is C23H35NO3. The molecule has 4 heteroatoms. The average Bonchev–Trinajstić information content (AvgIpc) is 2.58. The molecule has 4 nitrogen and oxygen atoms in total. The van der Waals surface area contributed by atoms with Crippen molar-refractivity contribution < 1.29 is 14.2 Å². The minimum Gasteiger partial charge on any atom is -0.493 e. The van der Waals surface area contributed by atoms with Gasteiger partial charge in [-0.3, -0.25) is 4.90 Å². The zero-order chi connectivity index (χ0) is 19.2. The second-order valence-electron chi connectivity index (χ2n) is 9.80. The van der Waals surface area contributed by atoms with Crippen LogP contribution in [0.15, 0.2) is 12.1 Å². The summed E-state index contributed by atoms with van der Waals surface area (Å²) in [6.45, 7) is 10.8. The second-order valence-corrected chi connectivity index (χ2v) is 9.80. The van der Waals surface area contributed by atoms with E-state index in [0.717, 1.165) is 56.7 Å². The Hall–Kier alpha value is -1.26. The minimum absolute atomic E-state index is 0.00935. The van der Waals surface area contributed by atoms with E-state index in [1.54, 1.807) is 7.11 Å². The first-order valence-corrected chi connectivity index (χ1v) is 10.6. The summed E-state index contributed by atoms with van der Waals surface area (Å²) in [4.78, 5) is 2.61. The fourth-order valence-electron chi connectivity index (χ4n) is 4.89. The van der Waals surface area contributed by atoms with Gasteiger partial charge < -0.3 is 14.2 Å². The molecule has 2 atom stereocenters. The zero-order valence-corrected chi connectivity index (χ0v) is 17.6. The number of rotatable bonds is 4. The van der Waals surface area contributed by atoms with E-state index in [1.807, 2.05) is 0 Å². The molecular weight excluding hydrogens is 338 g/mol. The number of nitrogens with zero attached hydrogens (tertiary/aromatic N) is 1. The van der Waals surface area contributed by atoms with Crippen LogP contribution in [0.5, 0.6) is 11.5 Å². The van der Waals surface area contributed by atoms with E-state index in [-0.39, 0.29) is 11.2 Å². The molecule has 27 heavy (non-hydrogen) atoms. The monoisotopic (exact) mass is 373 g/mol. The molecule has 0 amide bonds. The summed E-state index contributed by atoms with van der Waals surface area (Å²) in [7, 11) is 1.76. The van der Waals surface area contributed by atoms with E-state index in [0.29, 0.717) is 12.1 Å². The first-order chi connectivity index (χ1) is 12.8. The van der Waals surface area contributed by atoms with Crippen LogP contribution in [0.1, 0.15) is 77.0 Å². The van der Waals surface area contributed by atoms with E-state index in [9.17, 15) is 0 Å². The summed E-state index contributed by atoms with van der Waals surface area (Å²) in [5.41, 5.74) is 2.78. The summed E-state index contributed by atoms with van der Waals surface area (Å²) in [5.74, 6) is 1.81. The number of hydrogen-bond acceptors (Lipinski definition) is 4. The summed E-state index contributed by atoms with van der Waals surface area (Å²) in [6.07, 6.45) is 7.22. The average molecular weight is 374 g/mol. The molecule has 0 bridgehead atoms. The Morgan fingerprint density at radius 2 is 1.89 bits per heavy atom. The second kappa shape index (κ2) is 6.97. The van der Waals surface area contributed by atoms with Crippen LogP contribution in [0, 0.1) is 0 Å². The minimum atomic E-state index is -0.0711. The molecule has 150 valence electrons. The summed E-state index contributed by atoms with van der Waals surface area (Å²) in [6, 6.07) is 4.98. The maximum absolute atomic E-state index is 6.38. The molecule has 4 rings (SSSR count). The van der Waals surface area contributed by atoms with Gasteiger partial charge in [-0.25, -0.2) is 0 Å². The smallest absolute Gasteiger partial charge is 0.162 e. The van der Waals surface area contributed by atoms with E-state index in [4.69, 9.17) is 14.2 Å². The van der Waals surface area contributed by atoms with Crippen molar-refractivity contribution in [2.75, 3.05) is 20.2 Å². The highest BCUT2D eigenvalue weighted by Crippen LogP contribution is 2.45. The summed E-state index contributed by atoms with van der Waals surface area (Å²) >= 11 is 0. The molecule has 2 aliphatic heterocycles. The molecule has 1 saturated carbocycles. The van der Waals surface area contributed by atoms with Gasteiger partial charge in [-0.05, 0) is 89.5 Å². The molecule has 1 aliphatic carbocycles. The van der Waals surface area contributed by atoms with Gasteiger partial charge in [0.15, 0.2) is 11.5 Å². The Kier molecular flexibility index (Phi) is 4.92. The fourth-order valence-corrected chi connectivity index (χ4v) is 4.89. The molecule has 2 unspecified atom stereocenters. The number of fused-ring (bicyclic) bond motifs is 3. The highest BCUT2D eigenvalue weighted by Gasteiger charge is 2.38. The predicted octanol–water partition coefficient (Wildman–Crippen LogP) is 4.89. The van der Waals surface area contributed by atoms with E-state index < -0.39 is 0 Å². The maximum Gasteiger partial charge on any atom is 0.162 e. The van der Waals surface area contributed by atoms with Gasteiger partial charge >= 0.3 is 0 Å². The normalized spacial score (nSPS) is 27.3. The van der Waals surface area contributed by atoms with Gasteiger partial charge in [-0.1, -0.05) is 0 Å². The van der Waals surface area contributed by atoms with Crippen LogP contribution < -0.4 is 9.47 Å². The lowest BCUT2D eigenvalue weighted by atomic mass is 9.81. The van der Waals surface area contributed by atoms with Crippen molar-refractivity contribution in [1.29, 1.82) is 0 Å². The molecule has 0 spiro atoms. The molecule has 0 aromatic heterocycles. The number of ether oxygens (including phenoxy) is 3. The molecule has 0 radical (unpaired) electrons. The van der Waals surface area contributed by atoms with Crippen LogP contribution in [0.25, 0.3) is 0 Å². The van der Waals surface area contributed by atoms with Gasteiger partial charge in [-0.2, -0.15) is 0 Å². The van der Waals surface area contributed by atoms with Crippen molar-refractivity contribution in [3.8, 4) is 11.5 Å². The first-order valence-electron chi connectivity index (χ1n) is 10.6. The first kappa shape index (κ1) is 19.1. The number of benzene rings is 1. The van der Waals surface area contributed by atoms with Gasteiger partial charge in [0.05, 0.1) is 18.8 Å². The van der Waals surface area contributed by atoms with E-state index in [1.165, 1.54) is 17.5 Å². The van der Waals surface area contributed by atoms with Crippen molar-refractivity contribution in [3.05, 3.63) is 23.3 Å². The Morgan fingerprint density at radius 3 is 2.52 bits per heavy atom. The maximum atomic E-state index is 6.38. The van der Waals surface area contributed by atoms with Gasteiger partial charge in [0.1, 0.15) is 5.60 Å². The topological polar surface area (TPSA) is 30.9 Å². The Morgan fingerprint density at radius 1 is 1.11 bits per heavy atom. The fraction of sp³-hybridized carbons (Fsp3) is 0.739. The molecule has 2 fully saturated rings. The molecule has 1 saturated heterocycles. The SMILES string of the molecule is COc1cc2c(cc1OC1(C)CCC1)CCN1CC(OC(C)(C)C)CCC21. The predicted molar refractivity (Wildman–Crippen MR) is 108 cm³/mol. The lowest BCUT2D eigenvalue weighted by Gasteiger charge is -2.45. The summed E-state index contributed by atoms with van der Waals surface area (Å²) < 4.78 is 18.4. The molecule has 1 aromatic rings. The number of methoxy groups -OCH3 is 1. The standard InChI is InChI=1S/C23H35NO3/c1-22(2,3)26-17-7-8-19-18-14-20(25-5)21(27-23(4)10-6-11-23)13-16(18)9-12-24(19)15-17/h13-14,17,19H,6-12,15H2,1-5H3. The highest BCUT2D eigenvalue weighted by molar-refractivity contribution is 5.50. The number of piperidine rings is 1. The van der Waals surface area contributed by atoms with Crippen LogP contribution in [0.4, 0.5) is 0 Å². The van der Waals surface area contributed by atoms with Gasteiger partial charge in [0.25, 0.3) is 0 Å². The highest BCUT2D eigenvalue weighted by atomic mass is 16.5. The lowest BCUT2D eigenvalue weighted by Crippen LogP contribution is -2.47. The van der Waals surface area contributed by atoms with Crippen LogP contribution in [0.2, 0.25) is 0 Å². The third kappa shape index (κ3) is 3.97. The molecule has 0 N–H and O–H groups in total. The largest absolute Gasteiger partial charge is 0.493 e. The van der Waals surface area contributed by atoms with Gasteiger partial charge in [0, 0.05) is 19.1 Å². The quantitative estimate of drug-likeness (QED) is 0.752. The Bertz CT molecular complexity index is 690. The third-order valence-corrected chi connectivity index (χ3v) is 6.38. The number of hydrogen-bond donors (Lipinski definition) is 0. The Balaban J connectivity index is 1.54. The molecule has 1 aromatic carbocycles. The van der Waals surface area contributed by atoms with Crippen molar-refractivity contribution in [3.63, 3.8) is 0 Å². The van der Waals surface area contributed by atoms with Crippen LogP contribution in [-0.2, 0) is 11.2 Å². The van der Waals surface area contributed by atoms with Crippen molar-refractivity contribution in [1.82, 2.24) is 4.90 Å². The van der Waals surface area contributed by atoms with Crippen LogP contribution in [-0.4, -0.2) is 42.4 Å². The molecule has 3 aliphatic rings. The van der Waals surface area contributed by atoms with Crippen molar-refractivity contribution in [2.24, 2.45) is 0 Å². The third-order valence-electron chi connectivity index (χ3n) is 6.38. The van der Waals surface area contributed by atoms with Gasteiger partial charge in [0.2, 0.25) is 0 Å². The Labute approximate surface area is 164 Å². The molecule has 2 heterocycles. The summed E-state index contributed by atoms with van der Waals surface area (Å²) in [5, 5.41) is 0. The lowest BCUT2D eigenvalue weighted by molar-refractivity contribution is -0.0972. The van der Waals surface area contributed by atoms with E-state index in [2.05, 4.69) is 44.7 Å². The van der Waals surface area contributed by atoms with Gasteiger partial charge in [-0.15, -0.1) is 0 Å². The van der Waals surface area contributed by atoms with Crippen LogP contribution in [0.3, 0.4) is 0 Å². The van der Waals surface area contributed by atoms with Crippen molar-refractivity contribution in [2.45, 2.75) is 89.6 Å².